The molecule has 2 rings (SSSR count). The van der Waals surface area contributed by atoms with Gasteiger partial charge in [-0.25, -0.2) is 0 Å². The van der Waals surface area contributed by atoms with Gasteiger partial charge in [0, 0.05) is 21.3 Å². The van der Waals surface area contributed by atoms with Crippen LogP contribution in [0.15, 0.2) is 29.0 Å². The first kappa shape index (κ1) is 12.0. The first-order valence-electron chi connectivity index (χ1n) is 4.74. The van der Waals surface area contributed by atoms with E-state index in [0.29, 0.717) is 21.3 Å². The van der Waals surface area contributed by atoms with Crippen LogP contribution in [0.25, 0.3) is 0 Å². The van der Waals surface area contributed by atoms with Crippen LogP contribution in [0.5, 0.6) is 0 Å². The molecule has 0 bridgehead atoms. The number of amides is 1. The molecule has 17 heavy (non-hydrogen) atoms. The second-order valence-electron chi connectivity index (χ2n) is 3.46. The zero-order valence-electron chi connectivity index (χ0n) is 8.83. The number of nitrogens with zero attached hydrogens (tertiary/aromatic N) is 1. The molecule has 0 saturated carbocycles. The highest BCUT2D eigenvalue weighted by molar-refractivity contribution is 6.35. The molecule has 0 unspecified atom stereocenters. The largest absolute Gasteiger partial charge is 0.364 e. The highest BCUT2D eigenvalue weighted by Crippen LogP contribution is 2.23. The van der Waals surface area contributed by atoms with Crippen LogP contribution >= 0.6 is 23.2 Å². The van der Waals surface area contributed by atoms with E-state index >= 15 is 0 Å². The summed E-state index contributed by atoms with van der Waals surface area (Å²) in [6.45, 7) is 1.73. The summed E-state index contributed by atoms with van der Waals surface area (Å²) in [5.74, 6) is -0.366. The van der Waals surface area contributed by atoms with Crippen molar-refractivity contribution in [1.29, 1.82) is 0 Å². The van der Waals surface area contributed by atoms with Gasteiger partial charge in [0.25, 0.3) is 5.91 Å². The molecule has 88 valence electrons. The third-order valence-corrected chi connectivity index (χ3v) is 2.52. The lowest BCUT2D eigenvalue weighted by atomic mass is 10.2. The van der Waals surface area contributed by atoms with Crippen LogP contribution < -0.4 is 5.32 Å². The summed E-state index contributed by atoms with van der Waals surface area (Å²) in [6, 6.07) is 4.78. The minimum atomic E-state index is -0.366. The van der Waals surface area contributed by atoms with E-state index in [4.69, 9.17) is 23.2 Å². The van der Waals surface area contributed by atoms with Crippen molar-refractivity contribution >= 4 is 34.8 Å². The van der Waals surface area contributed by atoms with Crippen LogP contribution in [0.4, 0.5) is 5.69 Å². The lowest BCUT2D eigenvalue weighted by Crippen LogP contribution is -2.13. The second-order valence-corrected chi connectivity index (χ2v) is 4.33. The normalized spacial score (nSPS) is 10.3. The fourth-order valence-electron chi connectivity index (χ4n) is 1.32. The number of benzene rings is 1. The van der Waals surface area contributed by atoms with Gasteiger partial charge in [0.05, 0.1) is 0 Å². The predicted molar refractivity (Wildman–Crippen MR) is 65.7 cm³/mol. The Morgan fingerprint density at radius 3 is 2.47 bits per heavy atom. The van der Waals surface area contributed by atoms with E-state index in [1.165, 1.54) is 6.26 Å². The zero-order chi connectivity index (χ0) is 12.4. The van der Waals surface area contributed by atoms with Gasteiger partial charge in [-0.3, -0.25) is 4.79 Å². The maximum Gasteiger partial charge on any atom is 0.278 e. The molecule has 2 aromatic rings. The van der Waals surface area contributed by atoms with Crippen LogP contribution in [0.3, 0.4) is 0 Å². The molecule has 0 atom stereocenters. The topological polar surface area (TPSA) is 55.1 Å². The minimum Gasteiger partial charge on any atom is -0.364 e. The summed E-state index contributed by atoms with van der Waals surface area (Å²) in [6.07, 6.45) is 1.40. The number of aromatic nitrogens is 1. The van der Waals surface area contributed by atoms with Crippen molar-refractivity contribution in [3.63, 3.8) is 0 Å². The number of carbonyl (C=O) groups excluding carboxylic acids is 1. The Kier molecular flexibility index (Phi) is 3.36. The van der Waals surface area contributed by atoms with E-state index < -0.39 is 0 Å². The molecule has 1 amide bonds. The third kappa shape index (κ3) is 2.78. The van der Waals surface area contributed by atoms with Gasteiger partial charge in [-0.05, 0) is 25.1 Å². The average molecular weight is 271 g/mol. The molecule has 1 N–H and O–H groups in total. The molecule has 0 saturated heterocycles. The lowest BCUT2D eigenvalue weighted by molar-refractivity contribution is 0.101. The first-order chi connectivity index (χ1) is 8.06. The molecule has 0 radical (unpaired) electrons. The van der Waals surface area contributed by atoms with Crippen LogP contribution in [-0.2, 0) is 0 Å². The van der Waals surface area contributed by atoms with Crippen LogP contribution in [0, 0.1) is 6.92 Å². The fourth-order valence-corrected chi connectivity index (χ4v) is 1.85. The smallest absolute Gasteiger partial charge is 0.278 e. The minimum absolute atomic E-state index is 0.237. The summed E-state index contributed by atoms with van der Waals surface area (Å²) in [5, 5.41) is 7.14. The molecule has 0 fully saturated rings. The van der Waals surface area contributed by atoms with E-state index in [1.54, 1.807) is 25.1 Å². The summed E-state index contributed by atoms with van der Waals surface area (Å²) < 4.78 is 4.69. The zero-order valence-corrected chi connectivity index (χ0v) is 10.3. The summed E-state index contributed by atoms with van der Waals surface area (Å²) in [5.41, 5.74) is 1.41. The van der Waals surface area contributed by atoms with Crippen molar-refractivity contribution in [1.82, 2.24) is 5.16 Å². The molecular formula is C11H8Cl2N2O2. The van der Waals surface area contributed by atoms with Crippen LogP contribution in [0.2, 0.25) is 10.0 Å². The Hall–Kier alpha value is -1.52. The molecule has 0 aliphatic heterocycles. The number of carbonyl (C=O) groups is 1. The third-order valence-electron chi connectivity index (χ3n) is 2.08. The van der Waals surface area contributed by atoms with Crippen molar-refractivity contribution in [2.24, 2.45) is 0 Å². The van der Waals surface area contributed by atoms with Crippen LogP contribution in [-0.4, -0.2) is 11.1 Å². The molecule has 0 aliphatic rings. The SMILES string of the molecule is Cc1conc1C(=O)Nc1cc(Cl)cc(Cl)c1. The predicted octanol–water partition coefficient (Wildman–Crippen LogP) is 3.54. The standard InChI is InChI=1S/C11H8Cl2N2O2/c1-6-5-17-15-10(6)11(16)14-9-3-7(12)2-8(13)4-9/h2-5H,1H3,(H,14,16). The average Bonchev–Trinajstić information content (AvgIpc) is 2.62. The number of hydrogen-bond acceptors (Lipinski definition) is 3. The van der Waals surface area contributed by atoms with E-state index in [9.17, 15) is 4.79 Å². The lowest BCUT2D eigenvalue weighted by Gasteiger charge is -2.04. The second kappa shape index (κ2) is 4.77. The van der Waals surface area contributed by atoms with Gasteiger partial charge < -0.3 is 9.84 Å². The maximum absolute atomic E-state index is 11.8. The van der Waals surface area contributed by atoms with Gasteiger partial charge in [0.2, 0.25) is 0 Å². The first-order valence-corrected chi connectivity index (χ1v) is 5.50. The molecule has 6 heteroatoms. The number of aryl methyl sites for hydroxylation is 1. The maximum atomic E-state index is 11.8. The molecule has 1 aromatic heterocycles. The Morgan fingerprint density at radius 1 is 1.29 bits per heavy atom. The highest BCUT2D eigenvalue weighted by Gasteiger charge is 2.13. The molecule has 0 aliphatic carbocycles. The van der Waals surface area contributed by atoms with Gasteiger partial charge >= 0.3 is 0 Å². The number of nitrogens with one attached hydrogen (secondary N) is 1. The Balaban J connectivity index is 2.21. The van der Waals surface area contributed by atoms with Crippen molar-refractivity contribution < 1.29 is 9.32 Å². The van der Waals surface area contributed by atoms with Crippen molar-refractivity contribution in [2.75, 3.05) is 5.32 Å². The molecule has 0 spiro atoms. The monoisotopic (exact) mass is 270 g/mol. The van der Waals surface area contributed by atoms with E-state index in [2.05, 4.69) is 15.0 Å². The molecule has 4 nitrogen and oxygen atoms in total. The fraction of sp³-hybridized carbons (Fsp3) is 0.0909. The van der Waals surface area contributed by atoms with E-state index in [0.717, 1.165) is 0 Å². The van der Waals surface area contributed by atoms with Crippen molar-refractivity contribution in [2.45, 2.75) is 6.92 Å². The van der Waals surface area contributed by atoms with Gasteiger partial charge in [-0.1, -0.05) is 28.4 Å². The molecular weight excluding hydrogens is 263 g/mol. The summed E-state index contributed by atoms with van der Waals surface area (Å²) in [7, 11) is 0. The van der Waals surface area contributed by atoms with Gasteiger partial charge in [-0.15, -0.1) is 0 Å². The summed E-state index contributed by atoms with van der Waals surface area (Å²) >= 11 is 11.6. The van der Waals surface area contributed by atoms with Gasteiger partial charge in [0.1, 0.15) is 6.26 Å². The highest BCUT2D eigenvalue weighted by atomic mass is 35.5. The molecule has 1 heterocycles. The molecule has 1 aromatic carbocycles. The van der Waals surface area contributed by atoms with Crippen molar-refractivity contribution in [3.8, 4) is 0 Å². The Labute approximate surface area is 108 Å². The van der Waals surface area contributed by atoms with E-state index in [1.807, 2.05) is 0 Å². The number of rotatable bonds is 2. The number of anilines is 1. The number of halogens is 2. The number of hydrogen-bond donors (Lipinski definition) is 1. The Bertz CT molecular complexity index is 546. The van der Waals surface area contributed by atoms with E-state index in [-0.39, 0.29) is 11.6 Å². The summed E-state index contributed by atoms with van der Waals surface area (Å²) in [4.78, 5) is 11.8. The van der Waals surface area contributed by atoms with Crippen LogP contribution in [0.1, 0.15) is 16.1 Å². The Morgan fingerprint density at radius 2 is 1.94 bits per heavy atom. The van der Waals surface area contributed by atoms with Crippen molar-refractivity contribution in [3.05, 3.63) is 45.8 Å². The quantitative estimate of drug-likeness (QED) is 0.908. The van der Waals surface area contributed by atoms with Gasteiger partial charge in [0.15, 0.2) is 5.69 Å². The van der Waals surface area contributed by atoms with Gasteiger partial charge in [-0.2, -0.15) is 0 Å².